The number of hydrogen-bond donors (Lipinski definition) is 0. The fourth-order valence-corrected chi connectivity index (χ4v) is 4.82. The topological polar surface area (TPSA) is 62.2 Å². The zero-order valence-electron chi connectivity index (χ0n) is 20.1. The third-order valence-corrected chi connectivity index (χ3v) is 6.57. The van der Waals surface area contributed by atoms with Crippen LogP contribution in [0.1, 0.15) is 40.4 Å². The van der Waals surface area contributed by atoms with Gasteiger partial charge in [0.15, 0.2) is 5.76 Å². The number of Topliss-reactive ketones (excluding diaryl/α,β-unsaturated/α-hetero) is 1. The van der Waals surface area contributed by atoms with Crippen LogP contribution in [-0.2, 0) is 17.8 Å². The Balaban J connectivity index is 1.48. The average molecular weight is 463 g/mol. The van der Waals surface area contributed by atoms with E-state index in [1.54, 1.807) is 14.2 Å². The van der Waals surface area contributed by atoms with Gasteiger partial charge in [-0.25, -0.2) is 0 Å². The Bertz CT molecular complexity index is 1290. The molecule has 7 heteroatoms. The van der Waals surface area contributed by atoms with Crippen LogP contribution in [0.15, 0.2) is 36.2 Å². The molecule has 0 atom stereocenters. The van der Waals surface area contributed by atoms with Gasteiger partial charge >= 0.3 is 0 Å². The number of hydrogen-bond acceptors (Lipinski definition) is 6. The minimum absolute atomic E-state index is 0.0994. The van der Waals surface area contributed by atoms with Crippen molar-refractivity contribution in [3.05, 3.63) is 58.5 Å². The summed E-state index contributed by atoms with van der Waals surface area (Å²) in [4.78, 5) is 15.6. The van der Waals surface area contributed by atoms with Gasteiger partial charge in [0, 0.05) is 67.1 Å². The number of nitrogens with zero attached hydrogens (tertiary/aromatic N) is 2. The Morgan fingerprint density at radius 3 is 2.79 bits per heavy atom. The van der Waals surface area contributed by atoms with Gasteiger partial charge in [0.1, 0.15) is 24.0 Å². The van der Waals surface area contributed by atoms with Crippen LogP contribution in [0.2, 0.25) is 0 Å². The van der Waals surface area contributed by atoms with Crippen LogP contribution < -0.4 is 14.2 Å². The molecule has 2 aliphatic heterocycles. The van der Waals surface area contributed by atoms with Gasteiger partial charge < -0.3 is 23.5 Å². The smallest absolute Gasteiger partial charge is 0.231 e. The van der Waals surface area contributed by atoms with Gasteiger partial charge in [-0.2, -0.15) is 0 Å². The summed E-state index contributed by atoms with van der Waals surface area (Å²) >= 11 is 0. The first kappa shape index (κ1) is 22.5. The molecular formula is C27H30N2O5. The summed E-state index contributed by atoms with van der Waals surface area (Å²) in [5.41, 5.74) is 4.51. The second kappa shape index (κ2) is 9.16. The van der Waals surface area contributed by atoms with Crippen LogP contribution >= 0.6 is 0 Å². The first-order valence-corrected chi connectivity index (χ1v) is 11.7. The van der Waals surface area contributed by atoms with E-state index in [2.05, 4.69) is 22.6 Å². The largest absolute Gasteiger partial charge is 0.497 e. The second-order valence-electron chi connectivity index (χ2n) is 8.73. The number of ketones is 1. The summed E-state index contributed by atoms with van der Waals surface area (Å²) in [6, 6.07) is 7.92. The minimum atomic E-state index is -0.0994. The van der Waals surface area contributed by atoms with Gasteiger partial charge in [0.05, 0.1) is 12.7 Å². The van der Waals surface area contributed by atoms with E-state index in [9.17, 15) is 4.79 Å². The number of carbonyl (C=O) groups excluding carboxylic acids is 1. The lowest BCUT2D eigenvalue weighted by Gasteiger charge is -2.30. The lowest BCUT2D eigenvalue weighted by molar-refractivity contribution is 0.0826. The van der Waals surface area contributed by atoms with Crippen molar-refractivity contribution in [2.24, 2.45) is 0 Å². The number of allylic oxidation sites excluding steroid dienone is 1. The minimum Gasteiger partial charge on any atom is -0.497 e. The second-order valence-corrected chi connectivity index (χ2v) is 8.73. The maximum absolute atomic E-state index is 13.4. The van der Waals surface area contributed by atoms with Crippen molar-refractivity contribution in [2.45, 2.75) is 33.4 Å². The molecule has 0 aliphatic carbocycles. The zero-order valence-corrected chi connectivity index (χ0v) is 20.1. The monoisotopic (exact) mass is 462 g/mol. The van der Waals surface area contributed by atoms with Crippen molar-refractivity contribution >= 4 is 22.8 Å². The molecule has 178 valence electrons. The zero-order chi connectivity index (χ0) is 23.8. The molecule has 0 radical (unpaired) electrons. The third-order valence-electron chi connectivity index (χ3n) is 6.57. The fraction of sp³-hybridized carbons (Fsp3) is 0.370. The van der Waals surface area contributed by atoms with E-state index in [-0.39, 0.29) is 5.78 Å². The van der Waals surface area contributed by atoms with Gasteiger partial charge in [0.25, 0.3) is 0 Å². The molecule has 1 aromatic heterocycles. The standard InChI is InChI=1S/C27H30N2O5/c1-5-29-15-18(21-13-20(32-4)7-8-23(21)29)12-24-25(30)22-11-19-14-28(9-6-10-31-3)16-33-26(19)17(2)27(22)34-24/h7-8,11-13,15H,5-6,9-10,14,16H2,1-4H3/b24-12-. The highest BCUT2D eigenvalue weighted by molar-refractivity contribution is 6.15. The van der Waals surface area contributed by atoms with Crippen molar-refractivity contribution in [1.82, 2.24) is 9.47 Å². The summed E-state index contributed by atoms with van der Waals surface area (Å²) in [6.07, 6.45) is 4.83. The molecule has 0 bridgehead atoms. The van der Waals surface area contributed by atoms with E-state index >= 15 is 0 Å². The molecule has 5 rings (SSSR count). The maximum Gasteiger partial charge on any atom is 0.231 e. The summed E-state index contributed by atoms with van der Waals surface area (Å²) in [6.45, 7) is 7.74. The molecule has 34 heavy (non-hydrogen) atoms. The number of methoxy groups -OCH3 is 2. The molecular weight excluding hydrogens is 432 g/mol. The predicted octanol–water partition coefficient (Wildman–Crippen LogP) is 4.78. The Labute approximate surface area is 199 Å². The molecule has 7 nitrogen and oxygen atoms in total. The molecule has 0 spiro atoms. The van der Waals surface area contributed by atoms with Crippen molar-refractivity contribution in [3.63, 3.8) is 0 Å². The predicted molar refractivity (Wildman–Crippen MR) is 131 cm³/mol. The van der Waals surface area contributed by atoms with Crippen molar-refractivity contribution < 1.29 is 23.7 Å². The fourth-order valence-electron chi connectivity index (χ4n) is 4.82. The van der Waals surface area contributed by atoms with Crippen LogP contribution in [-0.4, -0.2) is 49.4 Å². The number of aromatic nitrogens is 1. The lowest BCUT2D eigenvalue weighted by Crippen LogP contribution is -2.33. The molecule has 0 saturated carbocycles. The molecule has 3 aromatic rings. The molecule has 0 N–H and O–H groups in total. The van der Waals surface area contributed by atoms with Gasteiger partial charge in [0.2, 0.25) is 5.78 Å². The van der Waals surface area contributed by atoms with Gasteiger partial charge in [-0.15, -0.1) is 0 Å². The number of ether oxygens (including phenoxy) is 4. The van der Waals surface area contributed by atoms with E-state index < -0.39 is 0 Å². The summed E-state index contributed by atoms with van der Waals surface area (Å²) < 4.78 is 24.9. The van der Waals surface area contributed by atoms with E-state index in [0.717, 1.165) is 65.1 Å². The quantitative estimate of drug-likeness (QED) is 0.372. The van der Waals surface area contributed by atoms with E-state index in [0.29, 0.717) is 30.4 Å². The van der Waals surface area contributed by atoms with Crippen LogP contribution in [0.5, 0.6) is 17.2 Å². The Morgan fingerprint density at radius 2 is 2.03 bits per heavy atom. The molecule has 3 heterocycles. The van der Waals surface area contributed by atoms with Crippen molar-refractivity contribution in [3.8, 4) is 17.2 Å². The van der Waals surface area contributed by atoms with Crippen molar-refractivity contribution in [2.75, 3.05) is 34.1 Å². The molecule has 0 saturated heterocycles. The highest BCUT2D eigenvalue weighted by Gasteiger charge is 2.33. The maximum atomic E-state index is 13.4. The van der Waals surface area contributed by atoms with E-state index in [1.165, 1.54) is 0 Å². The highest BCUT2D eigenvalue weighted by Crippen LogP contribution is 2.43. The van der Waals surface area contributed by atoms with Gasteiger partial charge in [-0.05, 0) is 50.6 Å². The molecule has 0 fully saturated rings. The van der Waals surface area contributed by atoms with Crippen LogP contribution in [0, 0.1) is 6.92 Å². The van der Waals surface area contributed by atoms with E-state index in [1.807, 2.05) is 37.3 Å². The summed E-state index contributed by atoms with van der Waals surface area (Å²) in [5.74, 6) is 2.43. The van der Waals surface area contributed by atoms with Crippen LogP contribution in [0.25, 0.3) is 17.0 Å². The van der Waals surface area contributed by atoms with Gasteiger partial charge in [-0.1, -0.05) is 0 Å². The lowest BCUT2D eigenvalue weighted by atomic mass is 10.00. The van der Waals surface area contributed by atoms with Crippen LogP contribution in [0.3, 0.4) is 0 Å². The third kappa shape index (κ3) is 3.85. The Kier molecular flexibility index (Phi) is 6.06. The molecule has 0 amide bonds. The van der Waals surface area contributed by atoms with Crippen LogP contribution in [0.4, 0.5) is 0 Å². The highest BCUT2D eigenvalue weighted by atomic mass is 16.5. The molecule has 0 unspecified atom stereocenters. The Hall–Kier alpha value is -3.29. The number of carbonyl (C=O) groups is 1. The van der Waals surface area contributed by atoms with E-state index in [4.69, 9.17) is 18.9 Å². The Morgan fingerprint density at radius 1 is 1.18 bits per heavy atom. The molecule has 2 aromatic carbocycles. The summed E-state index contributed by atoms with van der Waals surface area (Å²) in [5, 5.41) is 1.02. The number of fused-ring (bicyclic) bond motifs is 3. The number of aryl methyl sites for hydroxylation is 1. The van der Waals surface area contributed by atoms with Crippen molar-refractivity contribution in [1.29, 1.82) is 0 Å². The number of benzene rings is 2. The van der Waals surface area contributed by atoms with Gasteiger partial charge in [-0.3, -0.25) is 9.69 Å². The number of rotatable bonds is 7. The SMILES string of the molecule is CCn1cc(/C=C2\Oc3c(cc4c(c3C)OCN(CCCOC)C4)C2=O)c2cc(OC)ccc21. The average Bonchev–Trinajstić information content (AvgIpc) is 3.36. The first-order valence-electron chi connectivity index (χ1n) is 11.7. The normalized spacial score (nSPS) is 16.5. The summed E-state index contributed by atoms with van der Waals surface area (Å²) in [7, 11) is 3.36. The molecule has 2 aliphatic rings. The first-order chi connectivity index (χ1) is 16.5.